The van der Waals surface area contributed by atoms with Crippen LogP contribution >= 0.6 is 11.3 Å². The largest absolute Gasteiger partial charge is 0.494 e. The molecule has 1 aromatic heterocycles. The number of thiazole rings is 1. The van der Waals surface area contributed by atoms with Crippen molar-refractivity contribution in [2.75, 3.05) is 12.3 Å². The molecule has 4 nitrogen and oxygen atoms in total. The minimum Gasteiger partial charge on any atom is -0.494 e. The number of nitrogens with zero attached hydrogens (tertiary/aromatic N) is 1. The van der Waals surface area contributed by atoms with Crippen LogP contribution in [0.2, 0.25) is 0 Å². The number of nitrogen functional groups attached to an aromatic ring is 1. The predicted octanol–water partition coefficient (Wildman–Crippen LogP) is 2.27. The van der Waals surface area contributed by atoms with Gasteiger partial charge in [0.25, 0.3) is 0 Å². The summed E-state index contributed by atoms with van der Waals surface area (Å²) in [5.74, 6) is 0.804. The normalized spacial score (nSPS) is 10.5. The Morgan fingerprint density at radius 1 is 1.33 bits per heavy atom. The molecule has 2 rings (SSSR count). The monoisotopic (exact) mass is 264 g/mol. The third kappa shape index (κ3) is 3.13. The lowest BCUT2D eigenvalue weighted by Gasteiger charge is -2.07. The molecule has 2 N–H and O–H groups in total. The van der Waals surface area contributed by atoms with E-state index in [0.717, 1.165) is 23.6 Å². The average Bonchev–Trinajstić information content (AvgIpc) is 2.68. The number of aromatic nitrogens is 1. The van der Waals surface area contributed by atoms with E-state index in [-0.39, 0.29) is 4.87 Å². The van der Waals surface area contributed by atoms with E-state index in [1.165, 1.54) is 11.3 Å². The second kappa shape index (κ2) is 5.73. The number of anilines is 1. The van der Waals surface area contributed by atoms with E-state index in [1.54, 1.807) is 4.57 Å². The highest BCUT2D eigenvalue weighted by Gasteiger charge is 2.01. The van der Waals surface area contributed by atoms with E-state index < -0.39 is 0 Å². The number of rotatable bonds is 5. The summed E-state index contributed by atoms with van der Waals surface area (Å²) in [4.78, 5) is 11.6. The van der Waals surface area contributed by atoms with Gasteiger partial charge in [0, 0.05) is 23.3 Å². The lowest BCUT2D eigenvalue weighted by molar-refractivity contribution is 0.301. The van der Waals surface area contributed by atoms with E-state index in [1.807, 2.05) is 36.6 Å². The van der Waals surface area contributed by atoms with E-state index in [2.05, 4.69) is 0 Å². The first kappa shape index (κ1) is 12.7. The fourth-order valence-electron chi connectivity index (χ4n) is 1.65. The van der Waals surface area contributed by atoms with E-state index >= 15 is 0 Å². The van der Waals surface area contributed by atoms with Crippen LogP contribution in [-0.2, 0) is 6.54 Å². The summed E-state index contributed by atoms with van der Waals surface area (Å²) in [6.07, 6.45) is 0.807. The highest BCUT2D eigenvalue weighted by molar-refractivity contribution is 7.07. The maximum absolute atomic E-state index is 11.5. The van der Waals surface area contributed by atoms with Crippen LogP contribution in [0.4, 0.5) is 5.69 Å². The van der Waals surface area contributed by atoms with Crippen LogP contribution in [0, 0.1) is 6.92 Å². The third-order valence-electron chi connectivity index (χ3n) is 2.65. The summed E-state index contributed by atoms with van der Waals surface area (Å²) in [6, 6.07) is 7.31. The van der Waals surface area contributed by atoms with Gasteiger partial charge in [0.2, 0.25) is 0 Å². The Morgan fingerprint density at radius 3 is 2.67 bits per heavy atom. The minimum absolute atomic E-state index is 0.0972. The summed E-state index contributed by atoms with van der Waals surface area (Å²) >= 11 is 1.24. The van der Waals surface area contributed by atoms with E-state index in [9.17, 15) is 4.79 Å². The minimum atomic E-state index is 0.0972. The van der Waals surface area contributed by atoms with Crippen LogP contribution in [0.3, 0.4) is 0 Å². The standard InChI is InChI=1S/C13H16N2O2S/c1-10-9-18-13(16)15(10)7-2-8-17-12-5-3-11(14)4-6-12/h3-6,9H,2,7-8,14H2,1H3. The van der Waals surface area contributed by atoms with Crippen LogP contribution in [-0.4, -0.2) is 11.2 Å². The molecule has 1 aromatic carbocycles. The highest BCUT2D eigenvalue weighted by atomic mass is 32.1. The molecule has 0 aliphatic heterocycles. The summed E-state index contributed by atoms with van der Waals surface area (Å²) in [7, 11) is 0. The van der Waals surface area contributed by atoms with Gasteiger partial charge in [0.15, 0.2) is 0 Å². The van der Waals surface area contributed by atoms with Gasteiger partial charge in [0.05, 0.1) is 6.61 Å². The molecule has 5 heteroatoms. The number of hydrogen-bond donors (Lipinski definition) is 1. The number of benzene rings is 1. The highest BCUT2D eigenvalue weighted by Crippen LogP contribution is 2.13. The maximum atomic E-state index is 11.5. The van der Waals surface area contributed by atoms with Crippen LogP contribution in [0.25, 0.3) is 0 Å². The number of aryl methyl sites for hydroxylation is 1. The van der Waals surface area contributed by atoms with Gasteiger partial charge >= 0.3 is 4.87 Å². The topological polar surface area (TPSA) is 57.2 Å². The van der Waals surface area contributed by atoms with Crippen molar-refractivity contribution in [3.05, 3.63) is 45.0 Å². The zero-order valence-corrected chi connectivity index (χ0v) is 11.1. The average molecular weight is 264 g/mol. The van der Waals surface area contributed by atoms with Crippen molar-refractivity contribution in [2.45, 2.75) is 19.9 Å². The molecule has 0 saturated carbocycles. The van der Waals surface area contributed by atoms with Crippen LogP contribution in [0.15, 0.2) is 34.4 Å². The zero-order valence-electron chi connectivity index (χ0n) is 10.3. The maximum Gasteiger partial charge on any atom is 0.307 e. The van der Waals surface area contributed by atoms with Crippen molar-refractivity contribution >= 4 is 17.0 Å². The molecule has 0 atom stereocenters. The van der Waals surface area contributed by atoms with Crippen LogP contribution in [0.1, 0.15) is 12.1 Å². The van der Waals surface area contributed by atoms with E-state index in [4.69, 9.17) is 10.5 Å². The molecule has 1 heterocycles. The van der Waals surface area contributed by atoms with Gasteiger partial charge in [-0.2, -0.15) is 0 Å². The lowest BCUT2D eigenvalue weighted by atomic mass is 10.3. The van der Waals surface area contributed by atoms with Gasteiger partial charge in [-0.25, -0.2) is 0 Å². The second-order valence-corrected chi connectivity index (χ2v) is 4.89. The molecule has 0 unspecified atom stereocenters. The first-order valence-electron chi connectivity index (χ1n) is 5.80. The van der Waals surface area contributed by atoms with Gasteiger partial charge in [-0.1, -0.05) is 11.3 Å². The van der Waals surface area contributed by atoms with Gasteiger partial charge < -0.3 is 15.0 Å². The molecule has 0 radical (unpaired) electrons. The van der Waals surface area contributed by atoms with Crippen LogP contribution < -0.4 is 15.3 Å². The Labute approximate surface area is 110 Å². The Bertz CT molecular complexity index is 557. The second-order valence-electron chi connectivity index (χ2n) is 4.07. The Balaban J connectivity index is 1.80. The number of nitrogens with two attached hydrogens (primary N) is 1. The van der Waals surface area contributed by atoms with Crippen molar-refractivity contribution in [1.82, 2.24) is 4.57 Å². The third-order valence-corrected chi connectivity index (χ3v) is 3.53. The first-order chi connectivity index (χ1) is 8.66. The lowest BCUT2D eigenvalue weighted by Crippen LogP contribution is -2.16. The summed E-state index contributed by atoms with van der Waals surface area (Å²) < 4.78 is 7.35. The Kier molecular flexibility index (Phi) is 4.04. The van der Waals surface area contributed by atoms with Crippen molar-refractivity contribution in [3.63, 3.8) is 0 Å². The molecule has 0 amide bonds. The fraction of sp³-hybridized carbons (Fsp3) is 0.308. The quantitative estimate of drug-likeness (QED) is 0.665. The van der Waals surface area contributed by atoms with Gasteiger partial charge in [-0.3, -0.25) is 4.79 Å². The zero-order chi connectivity index (χ0) is 13.0. The predicted molar refractivity (Wildman–Crippen MR) is 74.3 cm³/mol. The number of ether oxygens (including phenoxy) is 1. The summed E-state index contributed by atoms with van der Waals surface area (Å²) in [5, 5.41) is 1.88. The molecular weight excluding hydrogens is 248 g/mol. The molecular formula is C13H16N2O2S. The van der Waals surface area contributed by atoms with Crippen molar-refractivity contribution in [3.8, 4) is 5.75 Å². The van der Waals surface area contributed by atoms with Crippen molar-refractivity contribution in [2.24, 2.45) is 0 Å². The molecule has 0 aliphatic rings. The fourth-order valence-corrected chi connectivity index (χ4v) is 2.41. The molecule has 0 spiro atoms. The molecule has 0 aliphatic carbocycles. The molecule has 0 bridgehead atoms. The summed E-state index contributed by atoms with van der Waals surface area (Å²) in [5.41, 5.74) is 7.32. The Morgan fingerprint density at radius 2 is 2.06 bits per heavy atom. The van der Waals surface area contributed by atoms with Crippen molar-refractivity contribution < 1.29 is 4.74 Å². The van der Waals surface area contributed by atoms with Gasteiger partial charge in [0.1, 0.15) is 5.75 Å². The molecule has 0 saturated heterocycles. The van der Waals surface area contributed by atoms with Crippen LogP contribution in [0.5, 0.6) is 5.75 Å². The number of hydrogen-bond acceptors (Lipinski definition) is 4. The van der Waals surface area contributed by atoms with E-state index in [0.29, 0.717) is 13.2 Å². The molecule has 2 aromatic rings. The Hall–Kier alpha value is -1.75. The molecule has 96 valence electrons. The SMILES string of the molecule is Cc1csc(=O)n1CCCOc1ccc(N)cc1. The molecule has 18 heavy (non-hydrogen) atoms. The smallest absolute Gasteiger partial charge is 0.307 e. The van der Waals surface area contributed by atoms with Crippen molar-refractivity contribution in [1.29, 1.82) is 0 Å². The molecule has 0 fully saturated rings. The van der Waals surface area contributed by atoms with Gasteiger partial charge in [-0.05, 0) is 37.6 Å². The summed E-state index contributed by atoms with van der Waals surface area (Å²) in [6.45, 7) is 3.23. The van der Waals surface area contributed by atoms with Gasteiger partial charge in [-0.15, -0.1) is 0 Å². The first-order valence-corrected chi connectivity index (χ1v) is 6.68.